The number of unbranched alkanes of at least 4 members (excludes halogenated alkanes) is 5. The second-order valence-corrected chi connectivity index (χ2v) is 9.08. The van der Waals surface area contributed by atoms with Crippen LogP contribution in [-0.2, 0) is 16.0 Å². The highest BCUT2D eigenvalue weighted by molar-refractivity contribution is 5.91. The first kappa shape index (κ1) is 28.6. The van der Waals surface area contributed by atoms with Crippen molar-refractivity contribution < 1.29 is 23.8 Å². The summed E-state index contributed by atoms with van der Waals surface area (Å²) in [6, 6.07) is 18.5. The fourth-order valence-electron chi connectivity index (χ4n) is 3.83. The van der Waals surface area contributed by atoms with Crippen LogP contribution in [0.3, 0.4) is 0 Å². The highest BCUT2D eigenvalue weighted by Crippen LogP contribution is 2.22. The lowest BCUT2D eigenvalue weighted by Gasteiger charge is -2.08. The highest BCUT2D eigenvalue weighted by atomic mass is 16.5. The van der Waals surface area contributed by atoms with E-state index in [1.807, 2.05) is 24.4 Å². The lowest BCUT2D eigenvalue weighted by molar-refractivity contribution is -0.137. The molecule has 3 rings (SSSR count). The van der Waals surface area contributed by atoms with Crippen LogP contribution in [0.1, 0.15) is 67.8 Å². The van der Waals surface area contributed by atoms with Gasteiger partial charge in [-0.15, -0.1) is 0 Å². The lowest BCUT2D eigenvalue weighted by Crippen LogP contribution is -2.08. The van der Waals surface area contributed by atoms with Crippen LogP contribution in [-0.4, -0.2) is 30.1 Å². The molecule has 0 atom stereocenters. The summed E-state index contributed by atoms with van der Waals surface area (Å²) in [5, 5.41) is 0. The van der Waals surface area contributed by atoms with Gasteiger partial charge in [0.25, 0.3) is 0 Å². The molecule has 0 aliphatic carbocycles. The first-order valence-electron chi connectivity index (χ1n) is 13.4. The van der Waals surface area contributed by atoms with Gasteiger partial charge in [-0.2, -0.15) is 0 Å². The summed E-state index contributed by atoms with van der Waals surface area (Å²) in [7, 11) is 0. The van der Waals surface area contributed by atoms with E-state index in [-0.39, 0.29) is 5.97 Å². The predicted octanol–water partition coefficient (Wildman–Crippen LogP) is 7.37. The van der Waals surface area contributed by atoms with Crippen LogP contribution in [0.25, 0.3) is 11.3 Å². The molecule has 1 aromatic heterocycles. The van der Waals surface area contributed by atoms with Crippen molar-refractivity contribution in [2.75, 3.05) is 13.2 Å². The average molecular weight is 516 g/mol. The van der Waals surface area contributed by atoms with E-state index >= 15 is 0 Å². The monoisotopic (exact) mass is 515 g/mol. The Balaban J connectivity index is 1.36. The average Bonchev–Trinajstić information content (AvgIpc) is 2.96. The van der Waals surface area contributed by atoms with Crippen LogP contribution in [0.4, 0.5) is 0 Å². The molecular weight excluding hydrogens is 478 g/mol. The third kappa shape index (κ3) is 9.85. The first-order valence-corrected chi connectivity index (χ1v) is 13.4. The second kappa shape index (κ2) is 16.0. The van der Waals surface area contributed by atoms with Gasteiger partial charge in [-0.05, 0) is 85.8 Å². The van der Waals surface area contributed by atoms with E-state index in [1.54, 1.807) is 36.4 Å². The summed E-state index contributed by atoms with van der Waals surface area (Å²) >= 11 is 0. The van der Waals surface area contributed by atoms with Gasteiger partial charge in [0.05, 0.1) is 24.5 Å². The minimum Gasteiger partial charge on any atom is -0.494 e. The molecule has 1 heterocycles. The molecule has 0 aliphatic rings. The zero-order valence-corrected chi connectivity index (χ0v) is 22.2. The number of rotatable bonds is 16. The predicted molar refractivity (Wildman–Crippen MR) is 149 cm³/mol. The molecule has 0 spiro atoms. The number of carbonyl (C=O) groups is 2. The number of hydrogen-bond donors (Lipinski definition) is 0. The molecule has 0 saturated heterocycles. The van der Waals surface area contributed by atoms with Gasteiger partial charge in [0, 0.05) is 17.8 Å². The van der Waals surface area contributed by atoms with Crippen LogP contribution in [0.2, 0.25) is 0 Å². The van der Waals surface area contributed by atoms with Crippen LogP contribution in [0.15, 0.2) is 79.5 Å². The maximum absolute atomic E-state index is 12.6. The minimum atomic E-state index is -0.415. The summed E-state index contributed by atoms with van der Waals surface area (Å²) < 4.78 is 16.3. The van der Waals surface area contributed by atoms with E-state index in [9.17, 15) is 9.59 Å². The van der Waals surface area contributed by atoms with Crippen molar-refractivity contribution in [3.63, 3.8) is 0 Å². The molecule has 0 saturated carbocycles. The molecule has 0 radical (unpaired) electrons. The molecule has 38 heavy (non-hydrogen) atoms. The highest BCUT2D eigenvalue weighted by Gasteiger charge is 2.10. The van der Waals surface area contributed by atoms with Gasteiger partial charge in [0.1, 0.15) is 11.5 Å². The van der Waals surface area contributed by atoms with E-state index in [4.69, 9.17) is 14.2 Å². The Kier molecular flexibility index (Phi) is 12.1. The maximum Gasteiger partial charge on any atom is 0.343 e. The standard InChI is InChI=1S/C32H37NO5/c1-3-5-11-25-12-21-30(33-24-25)26-13-19-29(20-14-26)38-32(35)27-15-17-28(18-16-27)36-22-9-7-6-8-10-23-37-31(34)4-2/h4,12-21,24H,2-3,5-11,22-23H2,1H3. The summed E-state index contributed by atoms with van der Waals surface area (Å²) in [4.78, 5) is 28.1. The van der Waals surface area contributed by atoms with Crippen LogP contribution in [0, 0.1) is 0 Å². The number of aromatic nitrogens is 1. The Hall–Kier alpha value is -3.93. The maximum atomic E-state index is 12.6. The topological polar surface area (TPSA) is 74.7 Å². The van der Waals surface area contributed by atoms with Gasteiger partial charge in [0.2, 0.25) is 0 Å². The van der Waals surface area contributed by atoms with Crippen LogP contribution < -0.4 is 9.47 Å². The molecule has 0 amide bonds. The number of carbonyl (C=O) groups excluding carboxylic acids is 2. The molecule has 0 fully saturated rings. The molecule has 3 aromatic rings. The van der Waals surface area contributed by atoms with Gasteiger partial charge in [-0.3, -0.25) is 4.98 Å². The quantitative estimate of drug-likeness (QED) is 0.0858. The Labute approximate surface area is 225 Å². The molecule has 0 N–H and O–H groups in total. The third-order valence-corrected chi connectivity index (χ3v) is 6.06. The third-order valence-electron chi connectivity index (χ3n) is 6.06. The van der Waals surface area contributed by atoms with Crippen molar-refractivity contribution in [3.05, 3.63) is 90.6 Å². The number of hydrogen-bond acceptors (Lipinski definition) is 6. The Bertz CT molecular complexity index is 1140. The first-order chi connectivity index (χ1) is 18.6. The molecular formula is C32H37NO5. The number of esters is 2. The lowest BCUT2D eigenvalue weighted by atomic mass is 10.1. The van der Waals surface area contributed by atoms with Crippen molar-refractivity contribution in [2.45, 2.75) is 58.3 Å². The Morgan fingerprint density at radius 1 is 0.816 bits per heavy atom. The minimum absolute atomic E-state index is 0.371. The fraction of sp³-hybridized carbons (Fsp3) is 0.344. The SMILES string of the molecule is C=CC(=O)OCCCCCCCOc1ccc(C(=O)Oc2ccc(-c3ccc(CCCC)cn3)cc2)cc1. The second-order valence-electron chi connectivity index (χ2n) is 9.08. The molecule has 6 nitrogen and oxygen atoms in total. The number of ether oxygens (including phenoxy) is 3. The summed E-state index contributed by atoms with van der Waals surface area (Å²) in [6.07, 6.45) is 11.4. The van der Waals surface area contributed by atoms with E-state index in [0.29, 0.717) is 24.5 Å². The number of pyridine rings is 1. The van der Waals surface area contributed by atoms with Crippen LogP contribution >= 0.6 is 0 Å². The van der Waals surface area contributed by atoms with E-state index in [1.165, 1.54) is 18.1 Å². The normalized spacial score (nSPS) is 10.6. The largest absolute Gasteiger partial charge is 0.494 e. The Morgan fingerprint density at radius 2 is 1.50 bits per heavy atom. The van der Waals surface area contributed by atoms with Crippen molar-refractivity contribution in [1.82, 2.24) is 4.98 Å². The number of aryl methyl sites for hydroxylation is 1. The number of nitrogens with zero attached hydrogens (tertiary/aromatic N) is 1. The van der Waals surface area contributed by atoms with Gasteiger partial charge < -0.3 is 14.2 Å². The van der Waals surface area contributed by atoms with Gasteiger partial charge in [0.15, 0.2) is 0 Å². The fourth-order valence-corrected chi connectivity index (χ4v) is 3.83. The molecule has 6 heteroatoms. The molecule has 0 aliphatic heterocycles. The van der Waals surface area contributed by atoms with Gasteiger partial charge in [-0.25, -0.2) is 9.59 Å². The summed E-state index contributed by atoms with van der Waals surface area (Å²) in [5.74, 6) is 0.415. The molecule has 200 valence electrons. The van der Waals surface area contributed by atoms with Crippen molar-refractivity contribution in [1.29, 1.82) is 0 Å². The van der Waals surface area contributed by atoms with Crippen molar-refractivity contribution >= 4 is 11.9 Å². The van der Waals surface area contributed by atoms with E-state index in [2.05, 4.69) is 24.6 Å². The summed E-state index contributed by atoms with van der Waals surface area (Å²) in [6.45, 7) is 6.60. The smallest absolute Gasteiger partial charge is 0.343 e. The molecule has 0 unspecified atom stereocenters. The van der Waals surface area contributed by atoms with Crippen molar-refractivity contribution in [3.8, 4) is 22.8 Å². The van der Waals surface area contributed by atoms with Gasteiger partial charge >= 0.3 is 11.9 Å². The van der Waals surface area contributed by atoms with E-state index in [0.717, 1.165) is 62.0 Å². The Morgan fingerprint density at radius 3 is 2.16 bits per heavy atom. The molecule has 2 aromatic carbocycles. The van der Waals surface area contributed by atoms with E-state index < -0.39 is 5.97 Å². The molecule has 0 bridgehead atoms. The van der Waals surface area contributed by atoms with Crippen molar-refractivity contribution in [2.24, 2.45) is 0 Å². The van der Waals surface area contributed by atoms with Gasteiger partial charge in [-0.1, -0.05) is 45.3 Å². The number of benzene rings is 2. The zero-order chi connectivity index (χ0) is 27.0. The summed E-state index contributed by atoms with van der Waals surface area (Å²) in [5.41, 5.74) is 3.57. The van der Waals surface area contributed by atoms with Crippen LogP contribution in [0.5, 0.6) is 11.5 Å². The zero-order valence-electron chi connectivity index (χ0n) is 22.2.